The molecule has 3 aliphatic heterocycles. The molecule has 4 rings (SSSR count). The van der Waals surface area contributed by atoms with Gasteiger partial charge in [0.15, 0.2) is 0 Å². The molecule has 0 spiro atoms. The van der Waals surface area contributed by atoms with Gasteiger partial charge in [-0.2, -0.15) is 4.31 Å². The molecule has 0 N–H and O–H groups in total. The molecule has 0 unspecified atom stereocenters. The Kier molecular flexibility index (Phi) is 5.10. The molecule has 0 saturated carbocycles. The van der Waals surface area contributed by atoms with Crippen molar-refractivity contribution in [3.8, 4) is 5.75 Å². The highest BCUT2D eigenvalue weighted by Gasteiger charge is 2.40. The number of ether oxygens (including phenoxy) is 1. The van der Waals surface area contributed by atoms with Gasteiger partial charge in [0, 0.05) is 32.6 Å². The molecule has 0 aliphatic carbocycles. The molecular weight excluding hydrogens is 328 g/mol. The summed E-state index contributed by atoms with van der Waals surface area (Å²) in [5, 5.41) is 0. The maximum Gasteiger partial charge on any atom is 0.219 e. The van der Waals surface area contributed by atoms with Gasteiger partial charge in [-0.1, -0.05) is 18.2 Å². The fourth-order valence-corrected chi connectivity index (χ4v) is 5.13. The Labute approximate surface area is 143 Å². The maximum atomic E-state index is 12.7. The minimum atomic E-state index is -3.39. The number of rotatable bonds is 5. The van der Waals surface area contributed by atoms with Gasteiger partial charge >= 0.3 is 0 Å². The summed E-state index contributed by atoms with van der Waals surface area (Å²) in [5.74, 6) is 0.898. The second-order valence-electron chi connectivity index (χ2n) is 6.57. The Balaban J connectivity index is 1.63. The van der Waals surface area contributed by atoms with Crippen LogP contribution in [0.1, 0.15) is 19.8 Å². The van der Waals surface area contributed by atoms with E-state index >= 15 is 0 Å². The van der Waals surface area contributed by atoms with E-state index in [0.29, 0.717) is 25.4 Å². The van der Waals surface area contributed by atoms with Crippen LogP contribution >= 0.6 is 0 Å². The van der Waals surface area contributed by atoms with E-state index < -0.39 is 10.0 Å². The van der Waals surface area contributed by atoms with Gasteiger partial charge < -0.3 is 9.64 Å². The molecule has 3 fully saturated rings. The summed E-state index contributed by atoms with van der Waals surface area (Å²) >= 11 is 0. The molecule has 6 nitrogen and oxygen atoms in total. The lowest BCUT2D eigenvalue weighted by Crippen LogP contribution is -2.48. The lowest BCUT2D eigenvalue weighted by Gasteiger charge is -2.34. The normalized spacial score (nSPS) is 24.6. The van der Waals surface area contributed by atoms with Crippen LogP contribution in [0.25, 0.3) is 0 Å². The number of piperidine rings is 1. The van der Waals surface area contributed by atoms with Crippen molar-refractivity contribution in [1.82, 2.24) is 9.21 Å². The first-order chi connectivity index (χ1) is 11.5. The Morgan fingerprint density at radius 1 is 1.17 bits per heavy atom. The first kappa shape index (κ1) is 17.2. The van der Waals surface area contributed by atoms with Crippen LogP contribution in [-0.2, 0) is 14.8 Å². The number of benzene rings is 1. The van der Waals surface area contributed by atoms with E-state index in [4.69, 9.17) is 4.74 Å². The predicted octanol–water partition coefficient (Wildman–Crippen LogP) is 1.34. The van der Waals surface area contributed by atoms with E-state index in [1.807, 2.05) is 30.3 Å². The average molecular weight is 352 g/mol. The average Bonchev–Trinajstić information content (AvgIpc) is 2.88. The van der Waals surface area contributed by atoms with Crippen LogP contribution in [0.5, 0.6) is 5.75 Å². The van der Waals surface area contributed by atoms with Crippen molar-refractivity contribution < 1.29 is 17.9 Å². The number of amides is 1. The van der Waals surface area contributed by atoms with Crippen LogP contribution < -0.4 is 4.74 Å². The zero-order chi connectivity index (χ0) is 17.2. The number of carbonyl (C=O) groups is 1. The summed E-state index contributed by atoms with van der Waals surface area (Å²) < 4.78 is 32.6. The van der Waals surface area contributed by atoms with E-state index in [-0.39, 0.29) is 30.2 Å². The SMILES string of the molecule is CC(=O)N1C[C@@H]2CC[C@H](C1)N(S(=O)(=O)CCOc1ccccc1)C2. The van der Waals surface area contributed by atoms with Gasteiger partial charge in [-0.3, -0.25) is 4.79 Å². The lowest BCUT2D eigenvalue weighted by molar-refractivity contribution is -0.129. The van der Waals surface area contributed by atoms with Crippen LogP contribution in [-0.4, -0.2) is 61.6 Å². The molecule has 7 heteroatoms. The van der Waals surface area contributed by atoms with Crippen molar-refractivity contribution >= 4 is 15.9 Å². The van der Waals surface area contributed by atoms with Crippen LogP contribution in [0.2, 0.25) is 0 Å². The van der Waals surface area contributed by atoms with Crippen LogP contribution in [0.3, 0.4) is 0 Å². The van der Waals surface area contributed by atoms with Gasteiger partial charge in [-0.25, -0.2) is 8.42 Å². The largest absolute Gasteiger partial charge is 0.492 e. The summed E-state index contributed by atoms with van der Waals surface area (Å²) in [6.45, 7) is 3.37. The van der Waals surface area contributed by atoms with Gasteiger partial charge in [0.2, 0.25) is 15.9 Å². The molecule has 0 radical (unpaired) electrons. The van der Waals surface area contributed by atoms with Crippen molar-refractivity contribution in [2.45, 2.75) is 25.8 Å². The van der Waals surface area contributed by atoms with E-state index in [2.05, 4.69) is 0 Å². The highest BCUT2D eigenvalue weighted by Crippen LogP contribution is 2.30. The van der Waals surface area contributed by atoms with Gasteiger partial charge in [0.05, 0.1) is 5.75 Å². The minimum Gasteiger partial charge on any atom is -0.492 e. The van der Waals surface area contributed by atoms with Crippen molar-refractivity contribution in [3.05, 3.63) is 30.3 Å². The zero-order valence-corrected chi connectivity index (χ0v) is 14.7. The molecule has 3 aliphatic rings. The summed E-state index contributed by atoms with van der Waals surface area (Å²) in [6, 6.07) is 9.12. The Morgan fingerprint density at radius 3 is 2.62 bits per heavy atom. The standard InChI is InChI=1S/C17H24N2O4S/c1-14(20)18-11-15-7-8-16(13-18)19(12-15)24(21,22)10-9-23-17-5-3-2-4-6-17/h2-6,15-16H,7-13H2,1H3/t15-,16+/m0/s1. The summed E-state index contributed by atoms with van der Waals surface area (Å²) in [7, 11) is -3.39. The molecule has 0 aromatic heterocycles. The van der Waals surface area contributed by atoms with Gasteiger partial charge in [-0.05, 0) is 30.9 Å². The summed E-state index contributed by atoms with van der Waals surface area (Å²) in [4.78, 5) is 13.5. The third kappa shape index (κ3) is 3.89. The molecule has 3 heterocycles. The maximum absolute atomic E-state index is 12.7. The smallest absolute Gasteiger partial charge is 0.219 e. The molecule has 2 bridgehead atoms. The Bertz CT molecular complexity index is 677. The third-order valence-corrected chi connectivity index (χ3v) is 6.66. The van der Waals surface area contributed by atoms with Crippen molar-refractivity contribution in [2.24, 2.45) is 5.92 Å². The second-order valence-corrected chi connectivity index (χ2v) is 8.61. The van der Waals surface area contributed by atoms with Crippen LogP contribution in [0.4, 0.5) is 0 Å². The monoisotopic (exact) mass is 352 g/mol. The molecule has 132 valence electrons. The fraction of sp³-hybridized carbons (Fsp3) is 0.588. The third-order valence-electron chi connectivity index (χ3n) is 4.82. The molecule has 1 amide bonds. The quantitative estimate of drug-likeness (QED) is 0.802. The number of carbonyl (C=O) groups excluding carboxylic acids is 1. The molecule has 2 atom stereocenters. The Morgan fingerprint density at radius 2 is 1.92 bits per heavy atom. The second kappa shape index (κ2) is 7.11. The van der Waals surface area contributed by atoms with Crippen molar-refractivity contribution in [3.63, 3.8) is 0 Å². The van der Waals surface area contributed by atoms with E-state index in [1.54, 1.807) is 16.1 Å². The molecule has 1 aromatic carbocycles. The highest BCUT2D eigenvalue weighted by molar-refractivity contribution is 7.89. The molecule has 1 aromatic rings. The summed E-state index contributed by atoms with van der Waals surface area (Å²) in [6.07, 6.45) is 1.81. The molecular formula is C17H24N2O4S. The topological polar surface area (TPSA) is 66.9 Å². The van der Waals surface area contributed by atoms with Gasteiger partial charge in [0.1, 0.15) is 12.4 Å². The van der Waals surface area contributed by atoms with Crippen LogP contribution in [0, 0.1) is 5.92 Å². The van der Waals surface area contributed by atoms with Crippen molar-refractivity contribution in [1.29, 1.82) is 0 Å². The molecule has 3 saturated heterocycles. The number of hydrogen-bond donors (Lipinski definition) is 0. The number of sulfonamides is 1. The van der Waals surface area contributed by atoms with Gasteiger partial charge in [0.25, 0.3) is 0 Å². The van der Waals surface area contributed by atoms with Gasteiger partial charge in [-0.15, -0.1) is 0 Å². The first-order valence-electron chi connectivity index (χ1n) is 8.38. The summed E-state index contributed by atoms with van der Waals surface area (Å²) in [5.41, 5.74) is 0. The predicted molar refractivity (Wildman–Crippen MR) is 91.2 cm³/mol. The van der Waals surface area contributed by atoms with Crippen molar-refractivity contribution in [2.75, 3.05) is 32.0 Å². The highest BCUT2D eigenvalue weighted by atomic mass is 32.2. The fourth-order valence-electron chi connectivity index (χ4n) is 3.54. The number of fused-ring (bicyclic) bond motifs is 4. The van der Waals surface area contributed by atoms with E-state index in [1.165, 1.54) is 0 Å². The Hall–Kier alpha value is -1.60. The molecule has 24 heavy (non-hydrogen) atoms. The van der Waals surface area contributed by atoms with E-state index in [9.17, 15) is 13.2 Å². The van der Waals surface area contributed by atoms with E-state index in [0.717, 1.165) is 12.8 Å². The van der Waals surface area contributed by atoms with Crippen LogP contribution in [0.15, 0.2) is 30.3 Å². The number of nitrogens with zero attached hydrogens (tertiary/aromatic N) is 2. The first-order valence-corrected chi connectivity index (χ1v) is 9.99. The number of para-hydroxylation sites is 1. The lowest BCUT2D eigenvalue weighted by atomic mass is 9.97. The number of hydrogen-bond acceptors (Lipinski definition) is 4. The zero-order valence-electron chi connectivity index (χ0n) is 13.9. The minimum absolute atomic E-state index is 0.0264.